The van der Waals surface area contributed by atoms with Crippen molar-refractivity contribution >= 4 is 11.9 Å². The summed E-state index contributed by atoms with van der Waals surface area (Å²) in [6, 6.07) is 7.81. The van der Waals surface area contributed by atoms with Crippen molar-refractivity contribution in [3.63, 3.8) is 0 Å². The highest BCUT2D eigenvalue weighted by Gasteiger charge is 2.29. The maximum absolute atomic E-state index is 12.8. The van der Waals surface area contributed by atoms with Crippen LogP contribution in [-0.4, -0.2) is 78.8 Å². The number of amides is 1. The zero-order valence-electron chi connectivity index (χ0n) is 16.6. The Morgan fingerprint density at radius 3 is 2.78 bits per heavy atom. The van der Waals surface area contributed by atoms with Crippen LogP contribution in [0.15, 0.2) is 24.3 Å². The molecule has 1 heterocycles. The number of morpholine rings is 1. The smallest absolute Gasteiger partial charge is 0.317 e. The second kappa shape index (κ2) is 9.71. The number of hydrogen-bond acceptors (Lipinski definition) is 5. The third kappa shape index (κ3) is 6.52. The number of nitrogens with zero attached hydrogens (tertiary/aromatic N) is 2. The SMILES string of the molecule is CC(C)c1cccc(O[C@@H](C)C(=O)N2CCO[C@@H](CN(C)CC(=O)O)C2)c1. The highest BCUT2D eigenvalue weighted by atomic mass is 16.5. The van der Waals surface area contributed by atoms with Gasteiger partial charge in [-0.1, -0.05) is 26.0 Å². The van der Waals surface area contributed by atoms with E-state index in [1.807, 2.05) is 24.3 Å². The van der Waals surface area contributed by atoms with Crippen molar-refractivity contribution in [2.24, 2.45) is 0 Å². The summed E-state index contributed by atoms with van der Waals surface area (Å²) in [4.78, 5) is 27.0. The standard InChI is InChI=1S/C20H30N2O5/c1-14(2)16-6-5-7-17(10-16)27-15(3)20(25)22-8-9-26-18(12-22)11-21(4)13-19(23)24/h5-7,10,14-15,18H,8-9,11-13H2,1-4H3,(H,23,24)/t15-,18-/m0/s1. The van der Waals surface area contributed by atoms with E-state index in [9.17, 15) is 9.59 Å². The zero-order valence-corrected chi connectivity index (χ0v) is 16.6. The minimum absolute atomic E-state index is 0.0560. The van der Waals surface area contributed by atoms with Crippen LogP contribution in [0.2, 0.25) is 0 Å². The van der Waals surface area contributed by atoms with E-state index in [0.29, 0.717) is 37.9 Å². The van der Waals surface area contributed by atoms with Crippen LogP contribution in [0.5, 0.6) is 5.75 Å². The number of ether oxygens (including phenoxy) is 2. The maximum atomic E-state index is 12.8. The van der Waals surface area contributed by atoms with Gasteiger partial charge in [-0.15, -0.1) is 0 Å². The molecule has 0 spiro atoms. The van der Waals surface area contributed by atoms with Crippen LogP contribution in [0.25, 0.3) is 0 Å². The molecule has 2 rings (SSSR count). The fraction of sp³-hybridized carbons (Fsp3) is 0.600. The van der Waals surface area contributed by atoms with Gasteiger partial charge in [-0.2, -0.15) is 0 Å². The third-order valence-corrected chi connectivity index (χ3v) is 4.56. The first kappa shape index (κ1) is 21.2. The molecule has 1 fully saturated rings. The number of carboxylic acids is 1. The van der Waals surface area contributed by atoms with E-state index in [4.69, 9.17) is 14.6 Å². The molecule has 0 bridgehead atoms. The van der Waals surface area contributed by atoms with E-state index >= 15 is 0 Å². The molecular formula is C20H30N2O5. The van der Waals surface area contributed by atoms with E-state index < -0.39 is 12.1 Å². The molecule has 7 heteroatoms. The summed E-state index contributed by atoms with van der Waals surface area (Å²) in [5.74, 6) is 0.112. The molecule has 1 saturated heterocycles. The summed E-state index contributed by atoms with van der Waals surface area (Å²) < 4.78 is 11.6. The Hall–Kier alpha value is -2.12. The second-order valence-corrected chi connectivity index (χ2v) is 7.35. The largest absolute Gasteiger partial charge is 0.481 e. The zero-order chi connectivity index (χ0) is 20.0. The van der Waals surface area contributed by atoms with Gasteiger partial charge < -0.3 is 19.5 Å². The predicted molar refractivity (Wildman–Crippen MR) is 102 cm³/mol. The number of rotatable bonds is 8. The summed E-state index contributed by atoms with van der Waals surface area (Å²) in [5.41, 5.74) is 1.17. The molecule has 1 aromatic rings. The lowest BCUT2D eigenvalue weighted by molar-refractivity contribution is -0.147. The Balaban J connectivity index is 1.91. The highest BCUT2D eigenvalue weighted by molar-refractivity contribution is 5.81. The van der Waals surface area contributed by atoms with Crippen molar-refractivity contribution in [2.45, 2.75) is 38.9 Å². The monoisotopic (exact) mass is 378 g/mol. The van der Waals surface area contributed by atoms with Gasteiger partial charge in [0.1, 0.15) is 5.75 Å². The normalized spacial score (nSPS) is 18.6. The molecule has 0 aromatic heterocycles. The van der Waals surface area contributed by atoms with Crippen LogP contribution in [0.1, 0.15) is 32.3 Å². The molecule has 1 aliphatic heterocycles. The summed E-state index contributed by atoms with van der Waals surface area (Å²) in [6.45, 7) is 7.77. The van der Waals surface area contributed by atoms with E-state index in [1.54, 1.807) is 23.8 Å². The van der Waals surface area contributed by atoms with Crippen LogP contribution < -0.4 is 4.74 Å². The van der Waals surface area contributed by atoms with Gasteiger partial charge in [0.05, 0.1) is 19.3 Å². The lowest BCUT2D eigenvalue weighted by Gasteiger charge is -2.35. The second-order valence-electron chi connectivity index (χ2n) is 7.35. The lowest BCUT2D eigenvalue weighted by Crippen LogP contribution is -2.52. The quantitative estimate of drug-likeness (QED) is 0.743. The fourth-order valence-corrected chi connectivity index (χ4v) is 3.13. The highest BCUT2D eigenvalue weighted by Crippen LogP contribution is 2.21. The molecule has 1 N–H and O–H groups in total. The van der Waals surface area contributed by atoms with Crippen molar-refractivity contribution in [1.82, 2.24) is 9.80 Å². The molecule has 0 saturated carbocycles. The first-order valence-electron chi connectivity index (χ1n) is 9.33. The molecule has 0 unspecified atom stereocenters. The fourth-order valence-electron chi connectivity index (χ4n) is 3.13. The number of carboxylic acid groups (broad SMARTS) is 1. The van der Waals surface area contributed by atoms with Crippen molar-refractivity contribution < 1.29 is 24.2 Å². The average Bonchev–Trinajstić information content (AvgIpc) is 2.60. The van der Waals surface area contributed by atoms with Gasteiger partial charge >= 0.3 is 5.97 Å². The van der Waals surface area contributed by atoms with Crippen LogP contribution in [0.4, 0.5) is 0 Å². The minimum Gasteiger partial charge on any atom is -0.481 e. The molecular weight excluding hydrogens is 348 g/mol. The molecule has 2 atom stereocenters. The average molecular weight is 378 g/mol. The van der Waals surface area contributed by atoms with Gasteiger partial charge in [0.2, 0.25) is 0 Å². The lowest BCUT2D eigenvalue weighted by atomic mass is 10.0. The Labute approximate surface area is 160 Å². The summed E-state index contributed by atoms with van der Waals surface area (Å²) in [7, 11) is 1.73. The van der Waals surface area contributed by atoms with Crippen LogP contribution in [-0.2, 0) is 14.3 Å². The van der Waals surface area contributed by atoms with Crippen molar-refractivity contribution in [3.05, 3.63) is 29.8 Å². The van der Waals surface area contributed by atoms with Crippen molar-refractivity contribution in [2.75, 3.05) is 39.8 Å². The van der Waals surface area contributed by atoms with Crippen molar-refractivity contribution in [1.29, 1.82) is 0 Å². The minimum atomic E-state index is -0.883. The van der Waals surface area contributed by atoms with E-state index in [-0.39, 0.29) is 18.6 Å². The topological polar surface area (TPSA) is 79.3 Å². The van der Waals surface area contributed by atoms with E-state index in [2.05, 4.69) is 13.8 Å². The molecule has 27 heavy (non-hydrogen) atoms. The van der Waals surface area contributed by atoms with Gasteiger partial charge in [0.15, 0.2) is 6.10 Å². The van der Waals surface area contributed by atoms with Gasteiger partial charge in [-0.25, -0.2) is 0 Å². The molecule has 1 aliphatic rings. The molecule has 0 radical (unpaired) electrons. The maximum Gasteiger partial charge on any atom is 0.317 e. The van der Waals surface area contributed by atoms with Crippen LogP contribution in [0, 0.1) is 0 Å². The Bertz CT molecular complexity index is 649. The molecule has 7 nitrogen and oxygen atoms in total. The van der Waals surface area contributed by atoms with Gasteiger partial charge in [0, 0.05) is 19.6 Å². The Morgan fingerprint density at radius 1 is 1.37 bits per heavy atom. The van der Waals surface area contributed by atoms with E-state index in [1.165, 1.54) is 5.56 Å². The number of carbonyl (C=O) groups excluding carboxylic acids is 1. The molecule has 1 amide bonds. The van der Waals surface area contributed by atoms with Gasteiger partial charge in [-0.3, -0.25) is 14.5 Å². The Kier molecular flexibility index (Phi) is 7.62. The summed E-state index contributed by atoms with van der Waals surface area (Å²) in [5, 5.41) is 8.86. The van der Waals surface area contributed by atoms with Crippen LogP contribution >= 0.6 is 0 Å². The molecule has 0 aliphatic carbocycles. The van der Waals surface area contributed by atoms with Crippen molar-refractivity contribution in [3.8, 4) is 5.75 Å². The van der Waals surface area contributed by atoms with E-state index in [0.717, 1.165) is 0 Å². The first-order valence-corrected chi connectivity index (χ1v) is 9.33. The Morgan fingerprint density at radius 2 is 2.11 bits per heavy atom. The number of likely N-dealkylation sites (N-methyl/N-ethyl adjacent to an activating group) is 1. The predicted octanol–water partition coefficient (Wildman–Crippen LogP) is 1.82. The van der Waals surface area contributed by atoms with Gasteiger partial charge in [-0.05, 0) is 37.6 Å². The molecule has 1 aromatic carbocycles. The van der Waals surface area contributed by atoms with Crippen LogP contribution in [0.3, 0.4) is 0 Å². The number of benzene rings is 1. The van der Waals surface area contributed by atoms with Gasteiger partial charge in [0.25, 0.3) is 5.91 Å². The third-order valence-electron chi connectivity index (χ3n) is 4.56. The summed E-state index contributed by atoms with van der Waals surface area (Å²) >= 11 is 0. The summed E-state index contributed by atoms with van der Waals surface area (Å²) in [6.07, 6.45) is -0.800. The first-order chi connectivity index (χ1) is 12.8. The molecule has 150 valence electrons. The number of carbonyl (C=O) groups is 2. The number of hydrogen-bond donors (Lipinski definition) is 1. The number of aliphatic carboxylic acids is 1.